The van der Waals surface area contributed by atoms with Crippen LogP contribution >= 0.6 is 7.82 Å². The van der Waals surface area contributed by atoms with Gasteiger partial charge >= 0.3 is 13.9 Å². The highest BCUT2D eigenvalue weighted by molar-refractivity contribution is 7.46. The lowest BCUT2D eigenvalue weighted by molar-refractivity contribution is 0.158. The van der Waals surface area contributed by atoms with Crippen LogP contribution in [0.4, 0.5) is 10.6 Å². The lowest BCUT2D eigenvalue weighted by Gasteiger charge is -2.18. The fourth-order valence-electron chi connectivity index (χ4n) is 1.25. The minimum absolute atomic E-state index is 0.161. The van der Waals surface area contributed by atoms with E-state index in [1.165, 1.54) is 19.3 Å². The SMILES string of the molecule is CN(C(=O)OCN)c1ncccc1COP(=O)(O)O. The average molecular weight is 291 g/mol. The normalized spacial score (nSPS) is 11.2. The largest absolute Gasteiger partial charge is 0.469 e. The maximum atomic E-state index is 11.5. The predicted molar refractivity (Wildman–Crippen MR) is 65.0 cm³/mol. The molecule has 0 saturated heterocycles. The summed E-state index contributed by atoms with van der Waals surface area (Å²) in [6.07, 6.45) is 0.682. The Morgan fingerprint density at radius 3 is 2.84 bits per heavy atom. The number of nitrogens with two attached hydrogens (primary N) is 1. The molecule has 9 nitrogen and oxygen atoms in total. The summed E-state index contributed by atoms with van der Waals surface area (Å²) in [5.74, 6) is 0.161. The number of rotatable bonds is 5. The molecule has 0 atom stereocenters. The maximum absolute atomic E-state index is 11.5. The molecule has 0 radical (unpaired) electrons. The van der Waals surface area contributed by atoms with E-state index in [1.807, 2.05) is 0 Å². The van der Waals surface area contributed by atoms with Crippen LogP contribution in [0.15, 0.2) is 18.3 Å². The minimum Gasteiger partial charge on any atom is -0.433 e. The molecule has 1 aromatic rings. The fourth-order valence-corrected chi connectivity index (χ4v) is 1.56. The molecule has 0 aliphatic carbocycles. The number of amides is 1. The smallest absolute Gasteiger partial charge is 0.433 e. The van der Waals surface area contributed by atoms with Crippen molar-refractivity contribution >= 4 is 19.7 Å². The first-order valence-corrected chi connectivity index (χ1v) is 6.62. The first-order valence-electron chi connectivity index (χ1n) is 5.09. The Morgan fingerprint density at radius 2 is 2.26 bits per heavy atom. The topological polar surface area (TPSA) is 135 Å². The van der Waals surface area contributed by atoms with Crippen LogP contribution in [0, 0.1) is 0 Å². The van der Waals surface area contributed by atoms with E-state index in [2.05, 4.69) is 14.2 Å². The number of hydrogen-bond acceptors (Lipinski definition) is 6. The van der Waals surface area contributed by atoms with Crippen LogP contribution in [0.2, 0.25) is 0 Å². The summed E-state index contributed by atoms with van der Waals surface area (Å²) in [5.41, 5.74) is 5.40. The van der Waals surface area contributed by atoms with Crippen molar-refractivity contribution in [1.29, 1.82) is 0 Å². The highest BCUT2D eigenvalue weighted by atomic mass is 31.2. The van der Waals surface area contributed by atoms with Gasteiger partial charge in [0.05, 0.1) is 6.61 Å². The molecule has 0 aromatic carbocycles. The fraction of sp³-hybridized carbons (Fsp3) is 0.333. The van der Waals surface area contributed by atoms with Gasteiger partial charge in [0, 0.05) is 18.8 Å². The van der Waals surface area contributed by atoms with Gasteiger partial charge in [0.1, 0.15) is 12.5 Å². The summed E-state index contributed by atoms with van der Waals surface area (Å²) in [5, 5.41) is 0. The van der Waals surface area contributed by atoms with E-state index in [0.717, 1.165) is 4.90 Å². The van der Waals surface area contributed by atoms with Crippen molar-refractivity contribution in [2.45, 2.75) is 6.61 Å². The summed E-state index contributed by atoms with van der Waals surface area (Å²) in [6, 6.07) is 3.06. The van der Waals surface area contributed by atoms with Crippen LogP contribution in [0.5, 0.6) is 0 Å². The number of hydrogen-bond donors (Lipinski definition) is 3. The number of nitrogens with zero attached hydrogens (tertiary/aromatic N) is 2. The molecule has 0 spiro atoms. The highest BCUT2D eigenvalue weighted by Gasteiger charge is 2.20. The molecule has 0 unspecified atom stereocenters. The Bertz CT molecular complexity index is 491. The van der Waals surface area contributed by atoms with Crippen LogP contribution in [-0.2, 0) is 20.4 Å². The van der Waals surface area contributed by atoms with Crippen molar-refractivity contribution in [2.24, 2.45) is 5.73 Å². The zero-order valence-electron chi connectivity index (χ0n) is 10.1. The van der Waals surface area contributed by atoms with E-state index in [9.17, 15) is 9.36 Å². The molecule has 19 heavy (non-hydrogen) atoms. The quantitative estimate of drug-likeness (QED) is 0.516. The van der Waals surface area contributed by atoms with Gasteiger partial charge in [0.15, 0.2) is 0 Å². The molecule has 0 saturated carbocycles. The van der Waals surface area contributed by atoms with E-state index >= 15 is 0 Å². The van der Waals surface area contributed by atoms with Crippen molar-refractivity contribution in [3.63, 3.8) is 0 Å². The molecule has 0 fully saturated rings. The summed E-state index contributed by atoms with van der Waals surface area (Å²) in [7, 11) is -3.21. The van der Waals surface area contributed by atoms with Crippen LogP contribution < -0.4 is 10.6 Å². The third-order valence-corrected chi connectivity index (χ3v) is 2.52. The van der Waals surface area contributed by atoms with E-state index in [4.69, 9.17) is 15.5 Å². The second-order valence-corrected chi connectivity index (χ2v) is 4.63. The van der Waals surface area contributed by atoms with Crippen LogP contribution in [0.25, 0.3) is 0 Å². The van der Waals surface area contributed by atoms with Gasteiger partial charge in [-0.3, -0.25) is 15.2 Å². The second kappa shape index (κ2) is 6.60. The summed E-state index contributed by atoms with van der Waals surface area (Å²) in [6.45, 7) is -0.683. The zero-order chi connectivity index (χ0) is 14.5. The van der Waals surface area contributed by atoms with Gasteiger partial charge in [0.2, 0.25) is 0 Å². The Hall–Kier alpha value is -1.51. The number of anilines is 1. The van der Waals surface area contributed by atoms with Crippen molar-refractivity contribution in [1.82, 2.24) is 4.98 Å². The first-order chi connectivity index (χ1) is 8.85. The molecule has 1 rings (SSSR count). The minimum atomic E-state index is -4.60. The standard InChI is InChI=1S/C9H14N3O6P/c1-12(9(13)17-6-10)8-7(3-2-4-11-8)5-18-19(14,15)16/h2-4H,5-6,10H2,1H3,(H2,14,15,16). The number of carbonyl (C=O) groups excluding carboxylic acids is 1. The zero-order valence-corrected chi connectivity index (χ0v) is 11.0. The van der Waals surface area contributed by atoms with Gasteiger partial charge in [0.25, 0.3) is 0 Å². The number of ether oxygens (including phenoxy) is 1. The number of pyridine rings is 1. The van der Waals surface area contributed by atoms with Crippen LogP contribution in [-0.4, -0.2) is 34.6 Å². The molecule has 1 heterocycles. The van der Waals surface area contributed by atoms with Gasteiger partial charge in [-0.25, -0.2) is 14.3 Å². The van der Waals surface area contributed by atoms with Gasteiger partial charge in [-0.15, -0.1) is 0 Å². The third kappa shape index (κ3) is 4.93. The van der Waals surface area contributed by atoms with Gasteiger partial charge < -0.3 is 14.5 Å². The van der Waals surface area contributed by atoms with Crippen molar-refractivity contribution < 1.29 is 28.4 Å². The van der Waals surface area contributed by atoms with E-state index in [0.29, 0.717) is 5.56 Å². The molecule has 1 aromatic heterocycles. The van der Waals surface area contributed by atoms with Crippen molar-refractivity contribution in [3.05, 3.63) is 23.9 Å². The summed E-state index contributed by atoms with van der Waals surface area (Å²) in [4.78, 5) is 33.8. The van der Waals surface area contributed by atoms with Crippen molar-refractivity contribution in [3.8, 4) is 0 Å². The molecule has 0 bridgehead atoms. The highest BCUT2D eigenvalue weighted by Crippen LogP contribution is 2.37. The van der Waals surface area contributed by atoms with Gasteiger partial charge in [-0.05, 0) is 6.07 Å². The predicted octanol–water partition coefficient (Wildman–Crippen LogP) is 0.180. The Kier molecular flexibility index (Phi) is 5.40. The van der Waals surface area contributed by atoms with E-state index < -0.39 is 20.5 Å². The monoisotopic (exact) mass is 291 g/mol. The molecule has 106 valence electrons. The number of phosphoric ester groups is 1. The molecule has 0 aliphatic rings. The molecular formula is C9H14N3O6P. The summed E-state index contributed by atoms with van der Waals surface area (Å²) >= 11 is 0. The molecular weight excluding hydrogens is 277 g/mol. The number of carbonyl (C=O) groups is 1. The van der Waals surface area contributed by atoms with Gasteiger partial charge in [-0.2, -0.15) is 0 Å². The molecule has 4 N–H and O–H groups in total. The number of aromatic nitrogens is 1. The van der Waals surface area contributed by atoms with E-state index in [-0.39, 0.29) is 12.5 Å². The lowest BCUT2D eigenvalue weighted by atomic mass is 10.2. The molecule has 10 heteroatoms. The third-order valence-electron chi connectivity index (χ3n) is 2.05. The maximum Gasteiger partial charge on any atom is 0.469 e. The van der Waals surface area contributed by atoms with Crippen LogP contribution in [0.1, 0.15) is 5.56 Å². The first kappa shape index (κ1) is 15.5. The van der Waals surface area contributed by atoms with E-state index in [1.54, 1.807) is 6.07 Å². The Balaban J connectivity index is 2.89. The van der Waals surface area contributed by atoms with Crippen molar-refractivity contribution in [2.75, 3.05) is 18.7 Å². The second-order valence-electron chi connectivity index (χ2n) is 3.39. The average Bonchev–Trinajstić information content (AvgIpc) is 2.35. The summed E-state index contributed by atoms with van der Waals surface area (Å²) < 4.78 is 19.6. The molecule has 0 aliphatic heterocycles. The number of phosphoric acid groups is 1. The lowest BCUT2D eigenvalue weighted by Crippen LogP contribution is -2.30. The van der Waals surface area contributed by atoms with Gasteiger partial charge in [-0.1, -0.05) is 6.07 Å². The Morgan fingerprint density at radius 1 is 1.58 bits per heavy atom. The van der Waals surface area contributed by atoms with Crippen LogP contribution in [0.3, 0.4) is 0 Å². The Labute approximate surface area is 109 Å². The molecule has 1 amide bonds.